The SMILES string of the molecule is c1ccc(-c2cccc(-n3c4ccccc4c4c3ccc3c5ccccc5n(-c5nc(-c6ccccc6)c6ccccc6n5)c34)c2)cc1. The number of benzene rings is 7. The Kier molecular flexibility index (Phi) is 5.84. The number of rotatable bonds is 4. The summed E-state index contributed by atoms with van der Waals surface area (Å²) in [6.45, 7) is 0. The highest BCUT2D eigenvalue weighted by molar-refractivity contribution is 6.26. The third-order valence-corrected chi connectivity index (χ3v) is 9.52. The lowest BCUT2D eigenvalue weighted by Crippen LogP contribution is -2.03. The molecule has 4 heteroatoms. The molecule has 10 aromatic rings. The summed E-state index contributed by atoms with van der Waals surface area (Å²) < 4.78 is 4.68. The van der Waals surface area contributed by atoms with E-state index in [1.165, 1.54) is 32.7 Å². The van der Waals surface area contributed by atoms with Gasteiger partial charge in [0, 0.05) is 38.2 Å². The van der Waals surface area contributed by atoms with E-state index in [2.05, 4.69) is 173 Å². The lowest BCUT2D eigenvalue weighted by Gasteiger charge is -2.12. The first-order chi connectivity index (χ1) is 23.8. The van der Waals surface area contributed by atoms with Crippen LogP contribution in [0.1, 0.15) is 0 Å². The summed E-state index contributed by atoms with van der Waals surface area (Å²) in [5.74, 6) is 0.661. The van der Waals surface area contributed by atoms with E-state index in [1.807, 2.05) is 6.07 Å². The number of hydrogen-bond acceptors (Lipinski definition) is 2. The maximum absolute atomic E-state index is 5.36. The molecule has 0 radical (unpaired) electrons. The Morgan fingerprint density at radius 2 is 1.00 bits per heavy atom. The van der Waals surface area contributed by atoms with Crippen molar-refractivity contribution in [3.8, 4) is 34.0 Å². The minimum Gasteiger partial charge on any atom is -0.309 e. The van der Waals surface area contributed by atoms with Crippen molar-refractivity contribution >= 4 is 54.5 Å². The second-order valence-electron chi connectivity index (χ2n) is 12.2. The standard InChI is InChI=1S/C44H28N4/c1-3-14-29(15-4-1)31-18-13-19-32(28-31)47-39-25-12-9-22-36(39)41-40(47)27-26-34-33-20-8-11-24-38(33)48(43(34)41)44-45-37-23-10-7-21-35(37)42(46-44)30-16-5-2-6-17-30/h1-28H. The fourth-order valence-electron chi connectivity index (χ4n) is 7.43. The molecule has 0 atom stereocenters. The quantitative estimate of drug-likeness (QED) is 0.198. The maximum atomic E-state index is 5.36. The van der Waals surface area contributed by atoms with Gasteiger partial charge in [0.05, 0.1) is 33.3 Å². The molecule has 4 nitrogen and oxygen atoms in total. The summed E-state index contributed by atoms with van der Waals surface area (Å²) in [5, 5.41) is 5.76. The summed E-state index contributed by atoms with van der Waals surface area (Å²) in [5.41, 5.74) is 10.9. The van der Waals surface area contributed by atoms with Gasteiger partial charge < -0.3 is 4.57 Å². The Bertz CT molecular complexity index is 2830. The van der Waals surface area contributed by atoms with Gasteiger partial charge in [0.25, 0.3) is 0 Å². The van der Waals surface area contributed by atoms with Gasteiger partial charge in [0.1, 0.15) is 0 Å². The summed E-state index contributed by atoms with van der Waals surface area (Å²) in [6.07, 6.45) is 0. The van der Waals surface area contributed by atoms with Crippen molar-refractivity contribution in [3.05, 3.63) is 170 Å². The van der Waals surface area contributed by atoms with E-state index in [1.54, 1.807) is 0 Å². The van der Waals surface area contributed by atoms with Gasteiger partial charge in [-0.05, 0) is 47.5 Å². The molecule has 7 aromatic carbocycles. The molecule has 0 unspecified atom stereocenters. The molecule has 0 saturated heterocycles. The molecular formula is C44H28N4. The van der Waals surface area contributed by atoms with E-state index in [4.69, 9.17) is 9.97 Å². The fourth-order valence-corrected chi connectivity index (χ4v) is 7.43. The van der Waals surface area contributed by atoms with Crippen LogP contribution >= 0.6 is 0 Å². The summed E-state index contributed by atoms with van der Waals surface area (Å²) in [6, 6.07) is 60.1. The van der Waals surface area contributed by atoms with Crippen molar-refractivity contribution in [2.45, 2.75) is 0 Å². The topological polar surface area (TPSA) is 35.6 Å². The molecule has 0 aliphatic carbocycles. The number of hydrogen-bond donors (Lipinski definition) is 0. The summed E-state index contributed by atoms with van der Waals surface area (Å²) in [4.78, 5) is 10.6. The highest BCUT2D eigenvalue weighted by Gasteiger charge is 2.22. The molecule has 3 heterocycles. The van der Waals surface area contributed by atoms with Crippen LogP contribution in [0.15, 0.2) is 170 Å². The van der Waals surface area contributed by atoms with Gasteiger partial charge in [-0.3, -0.25) is 4.57 Å². The zero-order chi connectivity index (χ0) is 31.6. The molecule has 0 N–H and O–H groups in total. The predicted octanol–water partition coefficient (Wildman–Crippen LogP) is 11.2. The zero-order valence-corrected chi connectivity index (χ0v) is 26.0. The Morgan fingerprint density at radius 1 is 0.375 bits per heavy atom. The fraction of sp³-hybridized carbons (Fsp3) is 0. The highest BCUT2D eigenvalue weighted by atomic mass is 15.2. The van der Waals surface area contributed by atoms with Gasteiger partial charge in [-0.25, -0.2) is 9.97 Å². The second kappa shape index (κ2) is 10.5. The molecule has 3 aromatic heterocycles. The first-order valence-corrected chi connectivity index (χ1v) is 16.3. The van der Waals surface area contributed by atoms with Gasteiger partial charge in [-0.1, -0.05) is 133 Å². The number of nitrogens with zero attached hydrogens (tertiary/aromatic N) is 4. The Morgan fingerprint density at radius 3 is 1.79 bits per heavy atom. The summed E-state index contributed by atoms with van der Waals surface area (Å²) in [7, 11) is 0. The van der Waals surface area contributed by atoms with Crippen LogP contribution in [0.5, 0.6) is 0 Å². The second-order valence-corrected chi connectivity index (χ2v) is 12.2. The third kappa shape index (κ3) is 3.96. The Balaban J connectivity index is 1.34. The van der Waals surface area contributed by atoms with Crippen LogP contribution in [-0.4, -0.2) is 19.1 Å². The van der Waals surface area contributed by atoms with E-state index in [0.29, 0.717) is 5.95 Å². The molecule has 224 valence electrons. The van der Waals surface area contributed by atoms with Crippen LogP contribution < -0.4 is 0 Å². The first kappa shape index (κ1) is 26.7. The average Bonchev–Trinajstić information content (AvgIpc) is 3.68. The van der Waals surface area contributed by atoms with Crippen LogP contribution in [-0.2, 0) is 0 Å². The van der Waals surface area contributed by atoms with Crippen molar-refractivity contribution in [2.24, 2.45) is 0 Å². The maximum Gasteiger partial charge on any atom is 0.235 e. The van der Waals surface area contributed by atoms with Crippen LogP contribution in [0.4, 0.5) is 0 Å². The molecule has 0 aliphatic heterocycles. The highest BCUT2D eigenvalue weighted by Crippen LogP contribution is 2.42. The molecule has 48 heavy (non-hydrogen) atoms. The van der Waals surface area contributed by atoms with Crippen molar-refractivity contribution in [2.75, 3.05) is 0 Å². The Hall–Kier alpha value is -6.52. The third-order valence-electron chi connectivity index (χ3n) is 9.52. The summed E-state index contributed by atoms with van der Waals surface area (Å²) >= 11 is 0. The Labute approximate surface area is 276 Å². The molecule has 0 bridgehead atoms. The van der Waals surface area contributed by atoms with E-state index < -0.39 is 0 Å². The monoisotopic (exact) mass is 612 g/mol. The molecule has 0 spiro atoms. The van der Waals surface area contributed by atoms with E-state index in [0.717, 1.165) is 49.9 Å². The number of fused-ring (bicyclic) bond motifs is 8. The number of aromatic nitrogens is 4. The van der Waals surface area contributed by atoms with Crippen LogP contribution in [0.2, 0.25) is 0 Å². The lowest BCUT2D eigenvalue weighted by molar-refractivity contribution is 1.02. The van der Waals surface area contributed by atoms with Gasteiger partial charge in [-0.15, -0.1) is 0 Å². The zero-order valence-electron chi connectivity index (χ0n) is 26.0. The molecule has 0 saturated carbocycles. The van der Waals surface area contributed by atoms with E-state index in [-0.39, 0.29) is 0 Å². The smallest absolute Gasteiger partial charge is 0.235 e. The van der Waals surface area contributed by atoms with Crippen molar-refractivity contribution in [1.82, 2.24) is 19.1 Å². The van der Waals surface area contributed by atoms with Crippen molar-refractivity contribution in [1.29, 1.82) is 0 Å². The molecule has 0 amide bonds. The normalized spacial score (nSPS) is 11.8. The van der Waals surface area contributed by atoms with Crippen molar-refractivity contribution < 1.29 is 0 Å². The van der Waals surface area contributed by atoms with Gasteiger partial charge in [-0.2, -0.15) is 0 Å². The minimum absolute atomic E-state index is 0.661. The predicted molar refractivity (Wildman–Crippen MR) is 199 cm³/mol. The van der Waals surface area contributed by atoms with Gasteiger partial charge in [0.2, 0.25) is 5.95 Å². The average molecular weight is 613 g/mol. The molecule has 0 aliphatic rings. The van der Waals surface area contributed by atoms with Gasteiger partial charge >= 0.3 is 0 Å². The van der Waals surface area contributed by atoms with Crippen LogP contribution in [0, 0.1) is 0 Å². The van der Waals surface area contributed by atoms with Crippen molar-refractivity contribution in [3.63, 3.8) is 0 Å². The lowest BCUT2D eigenvalue weighted by atomic mass is 10.1. The first-order valence-electron chi connectivity index (χ1n) is 16.3. The molecular weight excluding hydrogens is 585 g/mol. The molecule has 0 fully saturated rings. The minimum atomic E-state index is 0.661. The van der Waals surface area contributed by atoms with Crippen LogP contribution in [0.25, 0.3) is 88.5 Å². The van der Waals surface area contributed by atoms with E-state index in [9.17, 15) is 0 Å². The largest absolute Gasteiger partial charge is 0.309 e. The number of para-hydroxylation sites is 3. The van der Waals surface area contributed by atoms with E-state index >= 15 is 0 Å². The molecule has 10 rings (SSSR count). The van der Waals surface area contributed by atoms with Gasteiger partial charge in [0.15, 0.2) is 0 Å². The van der Waals surface area contributed by atoms with Crippen LogP contribution in [0.3, 0.4) is 0 Å².